The molecule has 0 saturated heterocycles. The van der Waals surface area contributed by atoms with Crippen LogP contribution in [0.1, 0.15) is 36.2 Å². The number of anilines is 1. The van der Waals surface area contributed by atoms with Crippen LogP contribution in [0.3, 0.4) is 0 Å². The number of amides is 1. The zero-order valence-electron chi connectivity index (χ0n) is 17.6. The smallest absolute Gasteiger partial charge is 0.255 e. The first kappa shape index (κ1) is 20.5. The summed E-state index contributed by atoms with van der Waals surface area (Å²) in [6.07, 6.45) is 1.04. The van der Waals surface area contributed by atoms with E-state index in [1.165, 1.54) is 16.9 Å². The van der Waals surface area contributed by atoms with Crippen LogP contribution in [-0.2, 0) is 0 Å². The molecule has 7 heteroatoms. The third-order valence-corrected chi connectivity index (χ3v) is 5.06. The third kappa shape index (κ3) is 4.55. The van der Waals surface area contributed by atoms with E-state index in [1.807, 2.05) is 19.9 Å². The molecule has 0 aliphatic heterocycles. The average molecular weight is 418 g/mol. The van der Waals surface area contributed by atoms with E-state index in [9.17, 15) is 9.18 Å². The van der Waals surface area contributed by atoms with Crippen LogP contribution in [0.25, 0.3) is 16.7 Å². The SMILES string of the molecule is CC[C@@H](C)Oc1ccc(C(=O)Nc2cc3nn(-c4ccc(F)cc4)nc3cc2C)cc1. The summed E-state index contributed by atoms with van der Waals surface area (Å²) < 4.78 is 18.9. The van der Waals surface area contributed by atoms with Crippen molar-refractivity contribution in [1.29, 1.82) is 0 Å². The second-order valence-corrected chi connectivity index (χ2v) is 7.44. The summed E-state index contributed by atoms with van der Waals surface area (Å²) in [6, 6.07) is 16.7. The molecule has 1 heterocycles. The van der Waals surface area contributed by atoms with E-state index >= 15 is 0 Å². The second-order valence-electron chi connectivity index (χ2n) is 7.44. The van der Waals surface area contributed by atoms with Crippen molar-refractivity contribution in [3.05, 3.63) is 77.6 Å². The molecule has 0 saturated carbocycles. The molecule has 0 unspecified atom stereocenters. The summed E-state index contributed by atoms with van der Waals surface area (Å²) in [4.78, 5) is 14.2. The van der Waals surface area contributed by atoms with Crippen molar-refractivity contribution in [3.8, 4) is 11.4 Å². The van der Waals surface area contributed by atoms with Crippen molar-refractivity contribution in [1.82, 2.24) is 15.0 Å². The van der Waals surface area contributed by atoms with E-state index in [0.29, 0.717) is 28.0 Å². The van der Waals surface area contributed by atoms with Gasteiger partial charge < -0.3 is 10.1 Å². The molecule has 1 atom stereocenters. The fourth-order valence-corrected chi connectivity index (χ4v) is 3.09. The molecule has 0 fully saturated rings. The van der Waals surface area contributed by atoms with Gasteiger partial charge in [-0.25, -0.2) is 4.39 Å². The number of nitrogens with one attached hydrogen (secondary N) is 1. The van der Waals surface area contributed by atoms with E-state index in [2.05, 4.69) is 22.4 Å². The molecule has 3 aromatic carbocycles. The molecular formula is C24H23FN4O2. The van der Waals surface area contributed by atoms with Crippen LogP contribution < -0.4 is 10.1 Å². The van der Waals surface area contributed by atoms with Crippen molar-refractivity contribution in [2.24, 2.45) is 0 Å². The number of hydrogen-bond acceptors (Lipinski definition) is 4. The number of aromatic nitrogens is 3. The number of carbonyl (C=O) groups is 1. The van der Waals surface area contributed by atoms with Crippen LogP contribution in [0.4, 0.5) is 10.1 Å². The van der Waals surface area contributed by atoms with Crippen LogP contribution in [0, 0.1) is 12.7 Å². The first-order chi connectivity index (χ1) is 14.9. The maximum atomic E-state index is 13.2. The Kier molecular flexibility index (Phi) is 5.66. The molecule has 31 heavy (non-hydrogen) atoms. The Morgan fingerprint density at radius 1 is 1.06 bits per heavy atom. The highest BCUT2D eigenvalue weighted by Gasteiger charge is 2.12. The Hall–Kier alpha value is -3.74. The van der Waals surface area contributed by atoms with Gasteiger partial charge in [0.05, 0.1) is 11.8 Å². The van der Waals surface area contributed by atoms with Gasteiger partial charge in [0, 0.05) is 11.3 Å². The minimum Gasteiger partial charge on any atom is -0.491 e. The lowest BCUT2D eigenvalue weighted by molar-refractivity contribution is 0.102. The number of nitrogens with zero attached hydrogens (tertiary/aromatic N) is 3. The molecule has 1 aromatic heterocycles. The molecule has 0 radical (unpaired) electrons. The fourth-order valence-electron chi connectivity index (χ4n) is 3.09. The average Bonchev–Trinajstić information content (AvgIpc) is 3.17. The standard InChI is InChI=1S/C24H23FN4O2/c1-4-16(3)31-20-11-5-17(6-12-20)24(30)26-21-14-23-22(13-15(21)2)27-29(28-23)19-9-7-18(25)8-10-19/h5-14,16H,4H2,1-3H3,(H,26,30)/t16-/m1/s1. The number of aryl methyl sites for hydroxylation is 1. The number of fused-ring (bicyclic) bond motifs is 1. The van der Waals surface area contributed by atoms with E-state index in [0.717, 1.165) is 17.7 Å². The van der Waals surface area contributed by atoms with E-state index in [4.69, 9.17) is 4.74 Å². The lowest BCUT2D eigenvalue weighted by Gasteiger charge is -2.13. The number of carbonyl (C=O) groups excluding carboxylic acids is 1. The Morgan fingerprint density at radius 3 is 2.35 bits per heavy atom. The number of halogens is 1. The molecule has 4 rings (SSSR count). The predicted molar refractivity (Wildman–Crippen MR) is 118 cm³/mol. The van der Waals surface area contributed by atoms with Gasteiger partial charge in [-0.1, -0.05) is 6.92 Å². The molecule has 1 amide bonds. The van der Waals surface area contributed by atoms with Gasteiger partial charge in [-0.15, -0.1) is 10.2 Å². The van der Waals surface area contributed by atoms with E-state index < -0.39 is 0 Å². The summed E-state index contributed by atoms with van der Waals surface area (Å²) in [5.74, 6) is 0.199. The summed E-state index contributed by atoms with van der Waals surface area (Å²) in [5.41, 5.74) is 4.02. The molecule has 158 valence electrons. The highest BCUT2D eigenvalue weighted by atomic mass is 19.1. The Morgan fingerprint density at radius 2 is 1.71 bits per heavy atom. The molecule has 0 bridgehead atoms. The van der Waals surface area contributed by atoms with Crippen molar-refractivity contribution < 1.29 is 13.9 Å². The van der Waals surface area contributed by atoms with Crippen LogP contribution in [-0.4, -0.2) is 27.0 Å². The van der Waals surface area contributed by atoms with Crippen LogP contribution in [0.5, 0.6) is 5.75 Å². The monoisotopic (exact) mass is 418 g/mol. The first-order valence-electron chi connectivity index (χ1n) is 10.1. The molecule has 0 spiro atoms. The quantitative estimate of drug-likeness (QED) is 0.461. The predicted octanol–water partition coefficient (Wildman–Crippen LogP) is 5.30. The lowest BCUT2D eigenvalue weighted by atomic mass is 10.1. The van der Waals surface area contributed by atoms with Crippen molar-refractivity contribution >= 4 is 22.6 Å². The normalized spacial score (nSPS) is 12.0. The van der Waals surface area contributed by atoms with Crippen LogP contribution >= 0.6 is 0 Å². The van der Waals surface area contributed by atoms with E-state index in [-0.39, 0.29) is 17.8 Å². The zero-order valence-corrected chi connectivity index (χ0v) is 17.6. The van der Waals surface area contributed by atoms with Gasteiger partial charge in [0.15, 0.2) is 0 Å². The maximum Gasteiger partial charge on any atom is 0.255 e. The van der Waals surface area contributed by atoms with E-state index in [1.54, 1.807) is 42.5 Å². The van der Waals surface area contributed by atoms with Crippen molar-refractivity contribution in [3.63, 3.8) is 0 Å². The molecule has 0 aliphatic carbocycles. The highest BCUT2D eigenvalue weighted by Crippen LogP contribution is 2.23. The topological polar surface area (TPSA) is 69.0 Å². The minimum atomic E-state index is -0.319. The number of rotatable bonds is 6. The second kappa shape index (κ2) is 8.55. The molecule has 1 N–H and O–H groups in total. The maximum absolute atomic E-state index is 13.2. The summed E-state index contributed by atoms with van der Waals surface area (Å²) in [6.45, 7) is 5.96. The van der Waals surface area contributed by atoms with Crippen molar-refractivity contribution in [2.45, 2.75) is 33.3 Å². The highest BCUT2D eigenvalue weighted by molar-refractivity contribution is 6.05. The third-order valence-electron chi connectivity index (χ3n) is 5.06. The Labute approximate surface area is 179 Å². The van der Waals surface area contributed by atoms with Gasteiger partial charge in [-0.05, 0) is 86.5 Å². The van der Waals surface area contributed by atoms with Gasteiger partial charge in [-0.2, -0.15) is 4.80 Å². The van der Waals surface area contributed by atoms with Crippen molar-refractivity contribution in [2.75, 3.05) is 5.32 Å². The molecule has 4 aromatic rings. The number of ether oxygens (including phenoxy) is 1. The van der Waals surface area contributed by atoms with Crippen LogP contribution in [0.15, 0.2) is 60.7 Å². The van der Waals surface area contributed by atoms with Gasteiger partial charge in [0.25, 0.3) is 5.91 Å². The molecule has 6 nitrogen and oxygen atoms in total. The summed E-state index contributed by atoms with van der Waals surface area (Å²) >= 11 is 0. The molecule has 0 aliphatic rings. The summed E-state index contributed by atoms with van der Waals surface area (Å²) in [7, 11) is 0. The zero-order chi connectivity index (χ0) is 22.0. The Bertz CT molecular complexity index is 1220. The van der Waals surface area contributed by atoms with Gasteiger partial charge in [0.2, 0.25) is 0 Å². The Balaban J connectivity index is 1.54. The van der Waals surface area contributed by atoms with Crippen LogP contribution in [0.2, 0.25) is 0 Å². The number of benzene rings is 3. The summed E-state index contributed by atoms with van der Waals surface area (Å²) in [5, 5.41) is 11.8. The fraction of sp³-hybridized carbons (Fsp3) is 0.208. The van der Waals surface area contributed by atoms with Gasteiger partial charge in [-0.3, -0.25) is 4.79 Å². The lowest BCUT2D eigenvalue weighted by Crippen LogP contribution is -2.13. The molecular weight excluding hydrogens is 395 g/mol. The first-order valence-corrected chi connectivity index (χ1v) is 10.1. The number of hydrogen-bond donors (Lipinski definition) is 1. The largest absolute Gasteiger partial charge is 0.491 e. The van der Waals surface area contributed by atoms with Gasteiger partial charge >= 0.3 is 0 Å². The minimum absolute atomic E-state index is 0.123. The van der Waals surface area contributed by atoms with Gasteiger partial charge in [0.1, 0.15) is 22.6 Å².